The van der Waals surface area contributed by atoms with Crippen molar-refractivity contribution in [2.75, 3.05) is 0 Å². The molecular formula is C44H31N4OP. The summed E-state index contributed by atoms with van der Waals surface area (Å²) < 4.78 is 15.4. The lowest BCUT2D eigenvalue weighted by atomic mass is 9.87. The van der Waals surface area contributed by atoms with Gasteiger partial charge in [0.2, 0.25) is 0 Å². The molecule has 4 heterocycles. The van der Waals surface area contributed by atoms with Gasteiger partial charge in [-0.1, -0.05) is 103 Å². The van der Waals surface area contributed by atoms with E-state index in [-0.39, 0.29) is 0 Å². The van der Waals surface area contributed by atoms with Crippen LogP contribution in [0.5, 0.6) is 0 Å². The number of para-hydroxylation sites is 1. The lowest BCUT2D eigenvalue weighted by Gasteiger charge is -2.22. The van der Waals surface area contributed by atoms with Gasteiger partial charge in [0.05, 0.1) is 33.8 Å². The molecule has 0 aliphatic rings. The molecule has 50 heavy (non-hydrogen) atoms. The molecule has 0 unspecified atom stereocenters. The zero-order chi connectivity index (χ0) is 33.8. The van der Waals surface area contributed by atoms with E-state index < -0.39 is 7.14 Å². The molecule has 0 bridgehead atoms. The van der Waals surface area contributed by atoms with Gasteiger partial charge in [-0.15, -0.1) is 0 Å². The van der Waals surface area contributed by atoms with Crippen molar-refractivity contribution in [3.63, 3.8) is 0 Å². The summed E-state index contributed by atoms with van der Waals surface area (Å²) in [4.78, 5) is 20.2. The summed E-state index contributed by atoms with van der Waals surface area (Å²) in [6.45, 7) is 4.37. The molecule has 0 aliphatic carbocycles. The van der Waals surface area contributed by atoms with E-state index in [1.54, 1.807) is 0 Å². The van der Waals surface area contributed by atoms with Crippen molar-refractivity contribution < 1.29 is 4.57 Å². The van der Waals surface area contributed by atoms with Crippen LogP contribution in [-0.2, 0) is 4.57 Å². The Hall–Kier alpha value is -6.03. The third kappa shape index (κ3) is 4.58. The number of rotatable bonds is 5. The molecule has 6 heteroatoms. The second-order valence-electron chi connectivity index (χ2n) is 12.6. The molecule has 0 N–H and O–H groups in total. The van der Waals surface area contributed by atoms with Crippen LogP contribution in [0.2, 0.25) is 0 Å². The van der Waals surface area contributed by atoms with Gasteiger partial charge in [0.15, 0.2) is 7.14 Å². The highest BCUT2D eigenvalue weighted by atomic mass is 31.2. The minimum atomic E-state index is -3.24. The van der Waals surface area contributed by atoms with Crippen LogP contribution in [0, 0.1) is 13.8 Å². The number of hydrogen-bond donors (Lipinski definition) is 0. The van der Waals surface area contributed by atoms with Crippen molar-refractivity contribution in [2.45, 2.75) is 13.8 Å². The first-order chi connectivity index (χ1) is 24.5. The zero-order valence-electron chi connectivity index (χ0n) is 27.6. The van der Waals surface area contributed by atoms with E-state index in [0.717, 1.165) is 93.2 Å². The van der Waals surface area contributed by atoms with E-state index in [9.17, 15) is 0 Å². The van der Waals surface area contributed by atoms with Crippen LogP contribution in [0.1, 0.15) is 11.1 Å². The number of hydrogen-bond acceptors (Lipinski definition) is 5. The number of fused-ring (bicyclic) bond motifs is 6. The summed E-state index contributed by atoms with van der Waals surface area (Å²) in [5, 5.41) is 8.70. The fourth-order valence-electron chi connectivity index (χ4n) is 7.52. The van der Waals surface area contributed by atoms with Gasteiger partial charge in [0, 0.05) is 49.9 Å². The largest absolute Gasteiger partial charge is 0.309 e. The maximum atomic E-state index is 15.4. The quantitative estimate of drug-likeness (QED) is 0.104. The molecule has 0 saturated carbocycles. The summed E-state index contributed by atoms with van der Waals surface area (Å²) >= 11 is 0. The normalized spacial score (nSPS) is 11.9. The molecule has 0 saturated heterocycles. The van der Waals surface area contributed by atoms with Crippen LogP contribution in [0.25, 0.3) is 66.1 Å². The molecular weight excluding hydrogens is 631 g/mol. The van der Waals surface area contributed by atoms with E-state index in [2.05, 4.69) is 38.1 Å². The number of aromatic nitrogens is 4. The summed E-state index contributed by atoms with van der Waals surface area (Å²) in [7, 11) is -3.24. The Balaban J connectivity index is 1.45. The Bertz CT molecular complexity index is 2750. The lowest BCUT2D eigenvalue weighted by molar-refractivity contribution is 0.592. The van der Waals surface area contributed by atoms with Crippen LogP contribution in [0.15, 0.2) is 152 Å². The Kier molecular flexibility index (Phi) is 7.12. The molecule has 5 aromatic carbocycles. The van der Waals surface area contributed by atoms with Gasteiger partial charge < -0.3 is 4.57 Å². The Morgan fingerprint density at radius 2 is 0.920 bits per heavy atom. The van der Waals surface area contributed by atoms with Crippen molar-refractivity contribution >= 4 is 66.4 Å². The maximum absolute atomic E-state index is 15.4. The highest BCUT2D eigenvalue weighted by Gasteiger charge is 2.31. The van der Waals surface area contributed by atoms with Crippen molar-refractivity contribution in [2.24, 2.45) is 0 Å². The average Bonchev–Trinajstić information content (AvgIpc) is 3.19. The van der Waals surface area contributed by atoms with Crippen molar-refractivity contribution in [3.8, 4) is 22.8 Å². The molecule has 0 aliphatic heterocycles. The van der Waals surface area contributed by atoms with Crippen LogP contribution < -0.4 is 15.9 Å². The fourth-order valence-corrected chi connectivity index (χ4v) is 10.2. The maximum Gasteiger partial charge on any atom is 0.171 e. The van der Waals surface area contributed by atoms with E-state index in [4.69, 9.17) is 19.9 Å². The molecule has 0 spiro atoms. The Morgan fingerprint density at radius 1 is 0.440 bits per heavy atom. The molecule has 0 fully saturated rings. The summed E-state index contributed by atoms with van der Waals surface area (Å²) in [6.07, 6.45) is 3.63. The predicted molar refractivity (Wildman–Crippen MR) is 207 cm³/mol. The topological polar surface area (TPSA) is 68.6 Å². The first-order valence-electron chi connectivity index (χ1n) is 16.7. The monoisotopic (exact) mass is 662 g/mol. The van der Waals surface area contributed by atoms with E-state index in [0.29, 0.717) is 0 Å². The molecule has 0 radical (unpaired) electrons. The number of benzene rings is 5. The Morgan fingerprint density at radius 3 is 1.46 bits per heavy atom. The molecule has 5 nitrogen and oxygen atoms in total. The lowest BCUT2D eigenvalue weighted by Crippen LogP contribution is -2.25. The van der Waals surface area contributed by atoms with Crippen LogP contribution in [0.4, 0.5) is 0 Å². The summed E-state index contributed by atoms with van der Waals surface area (Å²) in [5.74, 6) is 0. The van der Waals surface area contributed by atoms with Crippen molar-refractivity contribution in [3.05, 3.63) is 163 Å². The summed E-state index contributed by atoms with van der Waals surface area (Å²) in [5.41, 5.74) is 7.12. The molecule has 238 valence electrons. The number of aryl methyl sites for hydroxylation is 2. The first-order valence-corrected chi connectivity index (χ1v) is 18.4. The first kappa shape index (κ1) is 30.1. The van der Waals surface area contributed by atoms with Gasteiger partial charge in [0.25, 0.3) is 0 Å². The van der Waals surface area contributed by atoms with E-state index in [1.165, 1.54) is 0 Å². The molecule has 9 aromatic rings. The van der Waals surface area contributed by atoms with Gasteiger partial charge in [-0.2, -0.15) is 0 Å². The van der Waals surface area contributed by atoms with Crippen LogP contribution in [-0.4, -0.2) is 19.9 Å². The number of nitrogens with zero attached hydrogens (tertiary/aromatic N) is 4. The van der Waals surface area contributed by atoms with Gasteiger partial charge >= 0.3 is 0 Å². The van der Waals surface area contributed by atoms with E-state index >= 15 is 4.57 Å². The average molecular weight is 663 g/mol. The zero-order valence-corrected chi connectivity index (χ0v) is 28.5. The highest BCUT2D eigenvalue weighted by Crippen LogP contribution is 2.47. The molecule has 0 amide bonds. The second-order valence-corrected chi connectivity index (χ2v) is 15.4. The SMILES string of the molecule is Cc1c2c(-c3ccccn3)nc3cc(P(=O)(c4ccccc4)c4ccccc4)ccc3c2c(C)c2c(-c3ccccn3)nc3ccccc3c12. The summed E-state index contributed by atoms with van der Waals surface area (Å²) in [6, 6.07) is 45.9. The number of pyridine rings is 4. The molecule has 9 rings (SSSR count). The van der Waals surface area contributed by atoms with Gasteiger partial charge in [-0.3, -0.25) is 9.97 Å². The van der Waals surface area contributed by atoms with Gasteiger partial charge in [-0.05, 0) is 72.1 Å². The standard InChI is InChI=1S/C44H31N4OP/c1-28-39-33-19-9-10-20-35(33)47-43(36-21-11-13-25-45-36)41(39)29(2)40-34-24-23-32(27-38(34)48-44(42(28)40)37-22-12-14-26-46-37)50(49,30-15-5-3-6-16-30)31-17-7-4-8-18-31/h3-27H,1-2H3. The van der Waals surface area contributed by atoms with Gasteiger partial charge in [0.1, 0.15) is 0 Å². The third-order valence-corrected chi connectivity index (χ3v) is 12.8. The third-order valence-electron chi connectivity index (χ3n) is 9.78. The fraction of sp³-hybridized carbons (Fsp3) is 0.0455. The highest BCUT2D eigenvalue weighted by molar-refractivity contribution is 7.85. The van der Waals surface area contributed by atoms with Crippen LogP contribution >= 0.6 is 7.14 Å². The van der Waals surface area contributed by atoms with Crippen LogP contribution in [0.3, 0.4) is 0 Å². The van der Waals surface area contributed by atoms with E-state index in [1.807, 2.05) is 128 Å². The minimum absolute atomic E-state index is 0.734. The minimum Gasteiger partial charge on any atom is -0.309 e. The predicted octanol–water partition coefficient (Wildman–Crippen LogP) is 9.47. The smallest absolute Gasteiger partial charge is 0.171 e. The van der Waals surface area contributed by atoms with Gasteiger partial charge in [-0.25, -0.2) is 9.97 Å². The molecule has 4 aromatic heterocycles. The molecule has 0 atom stereocenters. The Labute approximate surface area is 289 Å². The van der Waals surface area contributed by atoms with Crippen molar-refractivity contribution in [1.29, 1.82) is 0 Å². The van der Waals surface area contributed by atoms with Crippen molar-refractivity contribution in [1.82, 2.24) is 19.9 Å². The second kappa shape index (κ2) is 11.8.